The molecule has 1 N–H and O–H groups in total. The van der Waals surface area contributed by atoms with Gasteiger partial charge in [-0.25, -0.2) is 8.42 Å². The Kier molecular flexibility index (Phi) is 9.94. The third kappa shape index (κ3) is 6.55. The van der Waals surface area contributed by atoms with Gasteiger partial charge in [0.05, 0.1) is 10.6 Å². The van der Waals surface area contributed by atoms with E-state index in [2.05, 4.69) is 5.32 Å². The summed E-state index contributed by atoms with van der Waals surface area (Å²) in [5.74, 6) is -0.850. The highest BCUT2D eigenvalue weighted by atomic mass is 35.5. The molecule has 202 valence electrons. The number of sulfonamides is 1. The number of halogens is 1. The van der Waals surface area contributed by atoms with E-state index in [1.807, 2.05) is 26.0 Å². The minimum Gasteiger partial charge on any atom is -0.357 e. The topological polar surface area (TPSA) is 86.8 Å². The number of carbonyl (C=O) groups excluding carboxylic acids is 2. The summed E-state index contributed by atoms with van der Waals surface area (Å²) in [5, 5.41) is 3.07. The number of para-hydroxylation sites is 1. The number of benzene rings is 3. The van der Waals surface area contributed by atoms with Gasteiger partial charge in [0.2, 0.25) is 11.8 Å². The van der Waals surface area contributed by atoms with Crippen molar-refractivity contribution in [1.82, 2.24) is 10.2 Å². The Morgan fingerprint density at radius 1 is 0.921 bits per heavy atom. The first-order chi connectivity index (χ1) is 18.1. The molecule has 0 aliphatic heterocycles. The summed E-state index contributed by atoms with van der Waals surface area (Å²) < 4.78 is 29.1. The summed E-state index contributed by atoms with van der Waals surface area (Å²) in [6.07, 6.45) is 0.912. The van der Waals surface area contributed by atoms with Gasteiger partial charge in [-0.1, -0.05) is 79.5 Å². The van der Waals surface area contributed by atoms with Gasteiger partial charge < -0.3 is 10.2 Å². The fraction of sp³-hybridized carbons (Fsp3) is 0.310. The summed E-state index contributed by atoms with van der Waals surface area (Å²) in [6.45, 7) is 5.18. The number of hydrogen-bond acceptors (Lipinski definition) is 4. The Morgan fingerprint density at radius 3 is 2.11 bits per heavy atom. The first kappa shape index (κ1) is 29.2. The molecule has 0 saturated carbocycles. The second-order valence-electron chi connectivity index (χ2n) is 8.96. The van der Waals surface area contributed by atoms with Crippen molar-refractivity contribution < 1.29 is 18.0 Å². The van der Waals surface area contributed by atoms with Crippen LogP contribution in [0.5, 0.6) is 0 Å². The number of aryl methyl sites for hydroxylation is 2. The molecule has 0 bridgehead atoms. The van der Waals surface area contributed by atoms with Gasteiger partial charge >= 0.3 is 0 Å². The van der Waals surface area contributed by atoms with E-state index < -0.39 is 28.5 Å². The number of nitrogens with one attached hydrogen (secondary N) is 1. The van der Waals surface area contributed by atoms with Crippen LogP contribution in [0, 0.1) is 6.92 Å². The SMILES string of the molecule is CCc1ccccc1N(CC(=O)N(Cc1ccccc1Cl)C(CC)C(=O)NC)S(=O)(=O)c1ccc(C)cc1. The van der Waals surface area contributed by atoms with Crippen molar-refractivity contribution >= 4 is 39.1 Å². The second-order valence-corrected chi connectivity index (χ2v) is 11.2. The van der Waals surface area contributed by atoms with Gasteiger partial charge in [-0.05, 0) is 55.2 Å². The van der Waals surface area contributed by atoms with Crippen LogP contribution in [-0.4, -0.2) is 44.8 Å². The summed E-state index contributed by atoms with van der Waals surface area (Å²) in [7, 11) is -2.60. The molecule has 3 aromatic rings. The highest BCUT2D eigenvalue weighted by Gasteiger charge is 2.34. The van der Waals surface area contributed by atoms with Crippen LogP contribution in [0.2, 0.25) is 5.02 Å². The van der Waals surface area contributed by atoms with Crippen molar-refractivity contribution in [2.24, 2.45) is 0 Å². The zero-order chi connectivity index (χ0) is 27.9. The van der Waals surface area contributed by atoms with E-state index in [4.69, 9.17) is 11.6 Å². The van der Waals surface area contributed by atoms with Gasteiger partial charge in [-0.15, -0.1) is 0 Å². The molecule has 3 rings (SSSR count). The molecule has 0 saturated heterocycles. The number of nitrogens with zero attached hydrogens (tertiary/aromatic N) is 2. The first-order valence-corrected chi connectivity index (χ1v) is 14.4. The zero-order valence-electron chi connectivity index (χ0n) is 22.1. The Bertz CT molecular complexity index is 1380. The fourth-order valence-electron chi connectivity index (χ4n) is 4.30. The van der Waals surface area contributed by atoms with Gasteiger partial charge in [0, 0.05) is 18.6 Å². The molecular formula is C29H34ClN3O4S. The number of amides is 2. The molecule has 7 nitrogen and oxygen atoms in total. The normalized spacial score (nSPS) is 12.0. The molecular weight excluding hydrogens is 522 g/mol. The maximum absolute atomic E-state index is 14.0. The summed E-state index contributed by atoms with van der Waals surface area (Å²) >= 11 is 6.40. The fourth-order valence-corrected chi connectivity index (χ4v) is 5.95. The Morgan fingerprint density at radius 2 is 1.53 bits per heavy atom. The minimum atomic E-state index is -4.11. The molecule has 0 radical (unpaired) electrons. The van der Waals surface area contributed by atoms with Crippen molar-refractivity contribution in [3.05, 3.63) is 94.5 Å². The lowest BCUT2D eigenvalue weighted by Crippen LogP contribution is -2.51. The van der Waals surface area contributed by atoms with Gasteiger partial charge in [0.15, 0.2) is 0 Å². The molecule has 0 aliphatic carbocycles. The van der Waals surface area contributed by atoms with E-state index >= 15 is 0 Å². The van der Waals surface area contributed by atoms with Gasteiger partial charge in [-0.2, -0.15) is 0 Å². The quantitative estimate of drug-likeness (QED) is 0.362. The predicted octanol–water partition coefficient (Wildman–Crippen LogP) is 4.96. The van der Waals surface area contributed by atoms with Crippen LogP contribution >= 0.6 is 11.6 Å². The van der Waals surface area contributed by atoms with E-state index in [0.717, 1.165) is 15.4 Å². The molecule has 0 spiro atoms. The predicted molar refractivity (Wildman–Crippen MR) is 152 cm³/mol. The van der Waals surface area contributed by atoms with Crippen LogP contribution in [0.25, 0.3) is 0 Å². The lowest BCUT2D eigenvalue weighted by atomic mass is 10.1. The van der Waals surface area contributed by atoms with E-state index in [9.17, 15) is 18.0 Å². The lowest BCUT2D eigenvalue weighted by molar-refractivity contribution is -0.140. The molecule has 3 aromatic carbocycles. The van der Waals surface area contributed by atoms with Crippen molar-refractivity contribution in [2.45, 2.75) is 51.1 Å². The maximum atomic E-state index is 14.0. The average Bonchev–Trinajstić information content (AvgIpc) is 2.92. The summed E-state index contributed by atoms with van der Waals surface area (Å²) in [5.41, 5.74) is 2.79. The summed E-state index contributed by atoms with van der Waals surface area (Å²) in [6, 6.07) is 19.9. The molecule has 1 atom stereocenters. The highest BCUT2D eigenvalue weighted by molar-refractivity contribution is 7.92. The van der Waals surface area contributed by atoms with Crippen LogP contribution in [0.15, 0.2) is 77.7 Å². The number of hydrogen-bond donors (Lipinski definition) is 1. The molecule has 0 heterocycles. The highest BCUT2D eigenvalue weighted by Crippen LogP contribution is 2.29. The van der Waals surface area contributed by atoms with Crippen molar-refractivity contribution in [1.29, 1.82) is 0 Å². The Hall–Kier alpha value is -3.36. The smallest absolute Gasteiger partial charge is 0.264 e. The number of carbonyl (C=O) groups is 2. The zero-order valence-corrected chi connectivity index (χ0v) is 23.7. The van der Waals surface area contributed by atoms with Crippen molar-refractivity contribution in [3.63, 3.8) is 0 Å². The van der Waals surface area contributed by atoms with Gasteiger partial charge in [0.1, 0.15) is 12.6 Å². The van der Waals surface area contributed by atoms with E-state index in [0.29, 0.717) is 29.1 Å². The van der Waals surface area contributed by atoms with Crippen LogP contribution in [0.1, 0.15) is 37.0 Å². The van der Waals surface area contributed by atoms with Crippen molar-refractivity contribution in [3.8, 4) is 0 Å². The molecule has 2 amide bonds. The van der Waals surface area contributed by atoms with Gasteiger partial charge in [0.25, 0.3) is 10.0 Å². The molecule has 0 aromatic heterocycles. The largest absolute Gasteiger partial charge is 0.357 e. The third-order valence-electron chi connectivity index (χ3n) is 6.46. The Labute approximate surface area is 230 Å². The van der Waals surface area contributed by atoms with E-state index in [-0.39, 0.29) is 17.3 Å². The molecule has 0 fully saturated rings. The number of likely N-dealkylation sites (N-methyl/N-ethyl adjacent to an activating group) is 1. The number of anilines is 1. The lowest BCUT2D eigenvalue weighted by Gasteiger charge is -2.33. The molecule has 0 aliphatic rings. The Balaban J connectivity index is 2.11. The third-order valence-corrected chi connectivity index (χ3v) is 8.60. The molecule has 1 unspecified atom stereocenters. The van der Waals surface area contributed by atoms with Crippen LogP contribution in [-0.2, 0) is 32.6 Å². The standard InChI is InChI=1S/C29H34ClN3O4S/c1-5-22-11-8-10-14-27(22)33(38(36,37)24-17-15-21(3)16-18-24)20-28(34)32(26(6-2)29(35)31-4)19-23-12-7-9-13-25(23)30/h7-18,26H,5-6,19-20H2,1-4H3,(H,31,35). The van der Waals surface area contributed by atoms with Crippen LogP contribution in [0.4, 0.5) is 5.69 Å². The minimum absolute atomic E-state index is 0.0538. The maximum Gasteiger partial charge on any atom is 0.264 e. The van der Waals surface area contributed by atoms with Gasteiger partial charge in [-0.3, -0.25) is 13.9 Å². The number of rotatable bonds is 11. The average molecular weight is 556 g/mol. The monoisotopic (exact) mass is 555 g/mol. The van der Waals surface area contributed by atoms with E-state index in [1.165, 1.54) is 24.1 Å². The van der Waals surface area contributed by atoms with Crippen molar-refractivity contribution in [2.75, 3.05) is 17.9 Å². The molecule has 9 heteroatoms. The summed E-state index contributed by atoms with van der Waals surface area (Å²) in [4.78, 5) is 28.3. The van der Waals surface area contributed by atoms with E-state index in [1.54, 1.807) is 55.5 Å². The van der Waals surface area contributed by atoms with Crippen LogP contribution < -0.4 is 9.62 Å². The molecule has 38 heavy (non-hydrogen) atoms. The first-order valence-electron chi connectivity index (χ1n) is 12.6. The van der Waals surface area contributed by atoms with Crippen LogP contribution in [0.3, 0.4) is 0 Å². The second kappa shape index (κ2) is 12.9.